The highest BCUT2D eigenvalue weighted by molar-refractivity contribution is 7.92. The minimum absolute atomic E-state index is 0.349. The number of carbonyl (C=O) groups is 1. The Kier molecular flexibility index (Phi) is 5.87. The number of anilines is 1. The second-order valence-corrected chi connectivity index (χ2v) is 7.49. The molecule has 132 valence electrons. The first kappa shape index (κ1) is 18.6. The highest BCUT2D eigenvalue weighted by atomic mass is 32.2. The van der Waals surface area contributed by atoms with Gasteiger partial charge in [0.15, 0.2) is 0 Å². The number of hydrazone groups is 1. The first-order valence-corrected chi connectivity index (χ1v) is 9.39. The average Bonchev–Trinajstić information content (AvgIpc) is 2.54. The van der Waals surface area contributed by atoms with Crippen molar-refractivity contribution in [3.8, 4) is 0 Å². The van der Waals surface area contributed by atoms with E-state index in [-0.39, 0.29) is 6.54 Å². The van der Waals surface area contributed by atoms with Gasteiger partial charge in [-0.15, -0.1) is 0 Å². The molecule has 0 radical (unpaired) electrons. The van der Waals surface area contributed by atoms with Gasteiger partial charge in [-0.3, -0.25) is 14.1 Å². The van der Waals surface area contributed by atoms with Gasteiger partial charge in [-0.2, -0.15) is 5.10 Å². The molecule has 0 saturated carbocycles. The first-order chi connectivity index (χ1) is 11.8. The van der Waals surface area contributed by atoms with Gasteiger partial charge in [0.05, 0.1) is 18.2 Å². The van der Waals surface area contributed by atoms with Crippen molar-refractivity contribution >= 4 is 27.8 Å². The Balaban J connectivity index is 2.15. The minimum atomic E-state index is -3.62. The quantitative estimate of drug-likeness (QED) is 0.626. The number of para-hydroxylation sites is 1. The number of carbonyl (C=O) groups excluding carboxylic acids is 1. The fourth-order valence-electron chi connectivity index (χ4n) is 2.36. The number of hydrogen-bond donors (Lipinski definition) is 1. The fraction of sp³-hybridized carbons (Fsp3) is 0.235. The van der Waals surface area contributed by atoms with Gasteiger partial charge in [-0.25, -0.2) is 13.8 Å². The molecule has 1 aromatic heterocycles. The van der Waals surface area contributed by atoms with Crippen LogP contribution in [0.15, 0.2) is 47.8 Å². The van der Waals surface area contributed by atoms with Gasteiger partial charge in [-0.1, -0.05) is 18.2 Å². The van der Waals surface area contributed by atoms with Crippen LogP contribution in [0.5, 0.6) is 0 Å². The molecule has 2 aromatic rings. The van der Waals surface area contributed by atoms with E-state index >= 15 is 0 Å². The summed E-state index contributed by atoms with van der Waals surface area (Å²) in [7, 11) is -3.62. The van der Waals surface area contributed by atoms with E-state index in [4.69, 9.17) is 0 Å². The third kappa shape index (κ3) is 5.12. The molecule has 2 rings (SSSR count). The van der Waals surface area contributed by atoms with Crippen molar-refractivity contribution in [2.45, 2.75) is 13.8 Å². The van der Waals surface area contributed by atoms with Crippen LogP contribution in [0.25, 0.3) is 0 Å². The number of hydrogen-bond acceptors (Lipinski definition) is 5. The number of aryl methyl sites for hydroxylation is 2. The van der Waals surface area contributed by atoms with Gasteiger partial charge < -0.3 is 0 Å². The fourth-order valence-corrected chi connectivity index (χ4v) is 3.33. The van der Waals surface area contributed by atoms with Gasteiger partial charge in [0, 0.05) is 12.4 Å². The Morgan fingerprint density at radius 3 is 2.36 bits per heavy atom. The van der Waals surface area contributed by atoms with Crippen LogP contribution in [0.3, 0.4) is 0 Å². The second kappa shape index (κ2) is 7.89. The summed E-state index contributed by atoms with van der Waals surface area (Å²) in [5.41, 5.74) is 5.18. The van der Waals surface area contributed by atoms with E-state index in [0.29, 0.717) is 5.69 Å². The highest BCUT2D eigenvalue weighted by Crippen LogP contribution is 2.26. The largest absolute Gasteiger partial charge is 0.271 e. The monoisotopic (exact) mass is 360 g/mol. The van der Waals surface area contributed by atoms with Crippen LogP contribution in [-0.2, 0) is 14.8 Å². The van der Waals surface area contributed by atoms with Crippen molar-refractivity contribution in [1.82, 2.24) is 10.4 Å². The van der Waals surface area contributed by atoms with Crippen molar-refractivity contribution in [1.29, 1.82) is 0 Å². The molecule has 0 unspecified atom stereocenters. The third-order valence-electron chi connectivity index (χ3n) is 3.49. The van der Waals surface area contributed by atoms with E-state index in [0.717, 1.165) is 27.3 Å². The summed E-state index contributed by atoms with van der Waals surface area (Å²) in [6.07, 6.45) is 5.75. The molecule has 1 heterocycles. The van der Waals surface area contributed by atoms with Crippen LogP contribution in [0.4, 0.5) is 5.69 Å². The molecule has 1 aromatic carbocycles. The standard InChI is InChI=1S/C17H20N4O3S/c1-13-5-4-6-14(2)17(13)21(25(3,23)24)12-16(22)20-19-11-15-7-9-18-10-8-15/h4-11H,12H2,1-3H3,(H,20,22)/b19-11-. The van der Waals surface area contributed by atoms with Crippen LogP contribution in [-0.4, -0.2) is 38.3 Å². The molecule has 0 saturated heterocycles. The van der Waals surface area contributed by atoms with Crippen LogP contribution in [0, 0.1) is 13.8 Å². The topological polar surface area (TPSA) is 91.7 Å². The number of aromatic nitrogens is 1. The average molecular weight is 360 g/mol. The number of rotatable bonds is 6. The van der Waals surface area contributed by atoms with Crippen LogP contribution >= 0.6 is 0 Å². The van der Waals surface area contributed by atoms with E-state index in [1.807, 2.05) is 6.07 Å². The van der Waals surface area contributed by atoms with Gasteiger partial charge in [0.25, 0.3) is 5.91 Å². The summed E-state index contributed by atoms with van der Waals surface area (Å²) >= 11 is 0. The Hall–Kier alpha value is -2.74. The molecule has 0 spiro atoms. The molecule has 0 fully saturated rings. The van der Waals surface area contributed by atoms with Gasteiger partial charge in [-0.05, 0) is 42.7 Å². The van der Waals surface area contributed by atoms with E-state index in [2.05, 4.69) is 15.5 Å². The Labute approximate surface area is 147 Å². The van der Waals surface area contributed by atoms with Crippen molar-refractivity contribution < 1.29 is 13.2 Å². The maximum atomic E-state index is 12.2. The lowest BCUT2D eigenvalue weighted by Crippen LogP contribution is -2.39. The predicted molar refractivity (Wildman–Crippen MR) is 98.1 cm³/mol. The predicted octanol–water partition coefficient (Wildman–Crippen LogP) is 1.61. The molecule has 0 aliphatic rings. The number of sulfonamides is 1. The third-order valence-corrected chi connectivity index (χ3v) is 4.60. The van der Waals surface area contributed by atoms with Crippen LogP contribution in [0.2, 0.25) is 0 Å². The molecule has 0 aliphatic heterocycles. The zero-order chi connectivity index (χ0) is 18.4. The highest BCUT2D eigenvalue weighted by Gasteiger charge is 2.23. The van der Waals surface area contributed by atoms with Gasteiger partial charge >= 0.3 is 0 Å². The summed E-state index contributed by atoms with van der Waals surface area (Å²) in [5, 5.41) is 3.84. The normalized spacial score (nSPS) is 11.5. The number of nitrogens with one attached hydrogen (secondary N) is 1. The minimum Gasteiger partial charge on any atom is -0.271 e. The second-order valence-electron chi connectivity index (χ2n) is 5.58. The molecule has 1 N–H and O–H groups in total. The van der Waals surface area contributed by atoms with Crippen LogP contribution < -0.4 is 9.73 Å². The SMILES string of the molecule is Cc1cccc(C)c1N(CC(=O)N/N=C\c1ccncc1)S(C)(=O)=O. The summed E-state index contributed by atoms with van der Waals surface area (Å²) < 4.78 is 25.4. The lowest BCUT2D eigenvalue weighted by molar-refractivity contribution is -0.119. The summed E-state index contributed by atoms with van der Waals surface area (Å²) in [6, 6.07) is 8.91. The van der Waals surface area contributed by atoms with Crippen LogP contribution in [0.1, 0.15) is 16.7 Å². The maximum Gasteiger partial charge on any atom is 0.260 e. The molecule has 0 bridgehead atoms. The van der Waals surface area contributed by atoms with E-state index in [1.165, 1.54) is 6.21 Å². The summed E-state index contributed by atoms with van der Waals surface area (Å²) in [4.78, 5) is 16.0. The molecule has 25 heavy (non-hydrogen) atoms. The van der Waals surface area contributed by atoms with Gasteiger partial charge in [0.1, 0.15) is 6.54 Å². The van der Waals surface area contributed by atoms with Crippen molar-refractivity contribution in [3.05, 3.63) is 59.4 Å². The molecule has 7 nitrogen and oxygen atoms in total. The number of benzene rings is 1. The Morgan fingerprint density at radius 1 is 1.20 bits per heavy atom. The summed E-state index contributed by atoms with van der Waals surface area (Å²) in [5.74, 6) is -0.529. The zero-order valence-corrected chi connectivity index (χ0v) is 15.1. The number of amides is 1. The Bertz CT molecular complexity index is 860. The maximum absolute atomic E-state index is 12.2. The summed E-state index contributed by atoms with van der Waals surface area (Å²) in [6.45, 7) is 3.26. The first-order valence-electron chi connectivity index (χ1n) is 7.55. The van der Waals surface area contributed by atoms with E-state index < -0.39 is 15.9 Å². The molecule has 0 aliphatic carbocycles. The zero-order valence-electron chi connectivity index (χ0n) is 14.3. The lowest BCUT2D eigenvalue weighted by atomic mass is 10.1. The molecular weight excluding hydrogens is 340 g/mol. The van der Waals surface area contributed by atoms with E-state index in [9.17, 15) is 13.2 Å². The van der Waals surface area contributed by atoms with Crippen molar-refractivity contribution in [3.63, 3.8) is 0 Å². The molecule has 1 amide bonds. The Morgan fingerprint density at radius 2 is 1.80 bits per heavy atom. The number of pyridine rings is 1. The van der Waals surface area contributed by atoms with E-state index in [1.54, 1.807) is 50.5 Å². The smallest absolute Gasteiger partial charge is 0.260 e. The molecular formula is C17H20N4O3S. The van der Waals surface area contributed by atoms with Crippen molar-refractivity contribution in [2.24, 2.45) is 5.10 Å². The van der Waals surface area contributed by atoms with Gasteiger partial charge in [0.2, 0.25) is 10.0 Å². The molecule has 0 atom stereocenters. The van der Waals surface area contributed by atoms with Crippen molar-refractivity contribution in [2.75, 3.05) is 17.1 Å². The molecule has 8 heteroatoms. The number of nitrogens with zero attached hydrogens (tertiary/aromatic N) is 3. The lowest BCUT2D eigenvalue weighted by Gasteiger charge is -2.25.